The van der Waals surface area contributed by atoms with Crippen LogP contribution in [0.15, 0.2) is 22.3 Å². The van der Waals surface area contributed by atoms with Crippen molar-refractivity contribution in [3.8, 4) is 0 Å². The Balaban J connectivity index is 2.10. The molecule has 0 saturated carbocycles. The van der Waals surface area contributed by atoms with Crippen LogP contribution < -0.4 is 0 Å². The summed E-state index contributed by atoms with van der Waals surface area (Å²) in [5, 5.41) is 31.8. The zero-order valence-corrected chi connectivity index (χ0v) is 22.0. The summed E-state index contributed by atoms with van der Waals surface area (Å²) in [5.41, 5.74) is 2.74. The number of unbranched alkanes of at least 4 members (excludes halogenated alkanes) is 13. The predicted molar refractivity (Wildman–Crippen MR) is 138 cm³/mol. The smallest absolute Gasteiger partial charge is 0.0965 e. The molecule has 0 heterocycles. The lowest BCUT2D eigenvalue weighted by Crippen LogP contribution is -2.30. The summed E-state index contributed by atoms with van der Waals surface area (Å²) in [6, 6.07) is 0. The van der Waals surface area contributed by atoms with Gasteiger partial charge >= 0.3 is 0 Å². The Morgan fingerprint density at radius 3 is 1.47 bits per heavy atom. The third-order valence-corrected chi connectivity index (χ3v) is 7.69. The molecule has 0 aliphatic heterocycles. The van der Waals surface area contributed by atoms with Gasteiger partial charge in [0.25, 0.3) is 0 Å². The minimum atomic E-state index is -0.709. The van der Waals surface area contributed by atoms with Gasteiger partial charge in [0.1, 0.15) is 0 Å². The van der Waals surface area contributed by atoms with E-state index >= 15 is 0 Å². The fraction of sp³-hybridized carbons (Fsp3) is 0.862. The lowest BCUT2D eigenvalue weighted by Gasteiger charge is -2.32. The second kappa shape index (κ2) is 16.1. The maximum atomic E-state index is 10.8. The molecule has 0 aromatic rings. The van der Waals surface area contributed by atoms with Crippen LogP contribution in [0.25, 0.3) is 0 Å². The molecule has 188 valence electrons. The minimum Gasteiger partial charge on any atom is -0.390 e. The molecule has 1 aliphatic carbocycles. The summed E-state index contributed by atoms with van der Waals surface area (Å²) in [6.07, 6.45) is 19.7. The number of aliphatic hydroxyl groups is 3. The maximum absolute atomic E-state index is 10.8. The van der Waals surface area contributed by atoms with Crippen molar-refractivity contribution < 1.29 is 15.3 Å². The molecule has 1 aliphatic rings. The number of hydrogen-bond donors (Lipinski definition) is 3. The largest absolute Gasteiger partial charge is 0.390 e. The summed E-state index contributed by atoms with van der Waals surface area (Å²) < 4.78 is 0. The van der Waals surface area contributed by atoms with E-state index in [1.165, 1.54) is 83.5 Å². The Kier molecular flexibility index (Phi) is 14.8. The average Bonchev–Trinajstić information content (AvgIpc) is 2.76. The van der Waals surface area contributed by atoms with E-state index in [4.69, 9.17) is 0 Å². The van der Waals surface area contributed by atoms with Crippen molar-refractivity contribution in [3.05, 3.63) is 22.3 Å². The van der Waals surface area contributed by atoms with Crippen LogP contribution in [-0.4, -0.2) is 33.1 Å². The molecule has 3 atom stereocenters. The molecule has 0 saturated heterocycles. The van der Waals surface area contributed by atoms with E-state index in [1.807, 2.05) is 27.7 Å². The van der Waals surface area contributed by atoms with E-state index in [0.29, 0.717) is 12.8 Å². The standard InChI is InChI=1S/C29H54O3/c1-6-7-8-9-10-11-12-13-14-15-16-17-18-19-21-29(5,32)22-20-26-25(4)27(30)23(2)24(3)28(26)31/h27-28,30-32H,6-22H2,1-5H3. The summed E-state index contributed by atoms with van der Waals surface area (Å²) in [7, 11) is 0. The molecule has 3 unspecified atom stereocenters. The molecule has 0 fully saturated rings. The summed E-state index contributed by atoms with van der Waals surface area (Å²) in [6.45, 7) is 9.88. The zero-order valence-electron chi connectivity index (χ0n) is 22.0. The van der Waals surface area contributed by atoms with Crippen molar-refractivity contribution in [1.29, 1.82) is 0 Å². The highest BCUT2D eigenvalue weighted by Crippen LogP contribution is 2.34. The SMILES string of the molecule is CCCCCCCCCCCCCCCCC(C)(O)CCC1=C(C)C(O)C(C)=C(C)C1O. The van der Waals surface area contributed by atoms with E-state index in [0.717, 1.165) is 35.1 Å². The van der Waals surface area contributed by atoms with Gasteiger partial charge in [0.05, 0.1) is 17.8 Å². The Morgan fingerprint density at radius 1 is 0.594 bits per heavy atom. The van der Waals surface area contributed by atoms with Gasteiger partial charge in [-0.05, 0) is 69.2 Å². The molecule has 0 radical (unpaired) electrons. The molecule has 0 spiro atoms. The van der Waals surface area contributed by atoms with E-state index in [1.54, 1.807) is 0 Å². The van der Waals surface area contributed by atoms with Gasteiger partial charge in [-0.15, -0.1) is 0 Å². The number of rotatable bonds is 18. The molecule has 0 aromatic heterocycles. The van der Waals surface area contributed by atoms with Crippen molar-refractivity contribution in [2.75, 3.05) is 0 Å². The molecule has 32 heavy (non-hydrogen) atoms. The second-order valence-corrected chi connectivity index (χ2v) is 10.7. The number of aliphatic hydroxyl groups excluding tert-OH is 2. The van der Waals surface area contributed by atoms with E-state index in [9.17, 15) is 15.3 Å². The van der Waals surface area contributed by atoms with Crippen LogP contribution in [0.1, 0.15) is 144 Å². The normalized spacial score (nSPS) is 21.4. The summed E-state index contributed by atoms with van der Waals surface area (Å²) in [5.74, 6) is 0. The van der Waals surface area contributed by atoms with Crippen molar-refractivity contribution >= 4 is 0 Å². The van der Waals surface area contributed by atoms with Gasteiger partial charge in [0, 0.05) is 0 Å². The first-order valence-corrected chi connectivity index (χ1v) is 13.7. The van der Waals surface area contributed by atoms with E-state index in [-0.39, 0.29) is 0 Å². The third-order valence-electron chi connectivity index (χ3n) is 7.69. The average molecular weight is 451 g/mol. The fourth-order valence-electron chi connectivity index (χ4n) is 4.97. The highest BCUT2D eigenvalue weighted by atomic mass is 16.3. The van der Waals surface area contributed by atoms with E-state index < -0.39 is 17.8 Å². The fourth-order valence-corrected chi connectivity index (χ4v) is 4.97. The lowest BCUT2D eigenvalue weighted by molar-refractivity contribution is 0.0379. The van der Waals surface area contributed by atoms with Gasteiger partial charge in [0.15, 0.2) is 0 Å². The first-order valence-electron chi connectivity index (χ1n) is 13.7. The summed E-state index contributed by atoms with van der Waals surface area (Å²) in [4.78, 5) is 0. The highest BCUT2D eigenvalue weighted by Gasteiger charge is 2.30. The van der Waals surface area contributed by atoms with Crippen LogP contribution in [0, 0.1) is 0 Å². The molecule has 0 aromatic carbocycles. The lowest BCUT2D eigenvalue weighted by atomic mass is 9.80. The molecule has 0 bridgehead atoms. The van der Waals surface area contributed by atoms with Gasteiger partial charge in [0.2, 0.25) is 0 Å². The van der Waals surface area contributed by atoms with Crippen molar-refractivity contribution in [1.82, 2.24) is 0 Å². The van der Waals surface area contributed by atoms with Crippen LogP contribution in [0.5, 0.6) is 0 Å². The molecular formula is C29H54O3. The third kappa shape index (κ3) is 11.0. The van der Waals surface area contributed by atoms with Crippen LogP contribution >= 0.6 is 0 Å². The Labute approximate surface area is 199 Å². The predicted octanol–water partition coefficient (Wildman–Crippen LogP) is 7.78. The van der Waals surface area contributed by atoms with Gasteiger partial charge < -0.3 is 15.3 Å². The van der Waals surface area contributed by atoms with E-state index in [2.05, 4.69) is 6.92 Å². The van der Waals surface area contributed by atoms with Gasteiger partial charge in [-0.3, -0.25) is 0 Å². The molecular weight excluding hydrogens is 396 g/mol. The van der Waals surface area contributed by atoms with Gasteiger partial charge in [-0.2, -0.15) is 0 Å². The first kappa shape index (κ1) is 29.4. The zero-order chi connectivity index (χ0) is 24.0. The monoisotopic (exact) mass is 450 g/mol. The van der Waals surface area contributed by atoms with Crippen molar-refractivity contribution in [2.24, 2.45) is 0 Å². The summed E-state index contributed by atoms with van der Waals surface area (Å²) >= 11 is 0. The second-order valence-electron chi connectivity index (χ2n) is 10.7. The Hall–Kier alpha value is -0.640. The van der Waals surface area contributed by atoms with Crippen LogP contribution in [-0.2, 0) is 0 Å². The molecule has 1 rings (SSSR count). The molecule has 0 amide bonds. The number of hydrogen-bond acceptors (Lipinski definition) is 3. The minimum absolute atomic E-state index is 0.593. The van der Waals surface area contributed by atoms with Gasteiger partial charge in [-0.25, -0.2) is 0 Å². The quantitative estimate of drug-likeness (QED) is 0.148. The van der Waals surface area contributed by atoms with Crippen molar-refractivity contribution in [2.45, 2.75) is 162 Å². The topological polar surface area (TPSA) is 60.7 Å². The Morgan fingerprint density at radius 2 is 1.00 bits per heavy atom. The van der Waals surface area contributed by atoms with Crippen LogP contribution in [0.2, 0.25) is 0 Å². The molecule has 3 N–H and O–H groups in total. The van der Waals surface area contributed by atoms with Crippen LogP contribution in [0.3, 0.4) is 0 Å². The maximum Gasteiger partial charge on any atom is 0.0965 e. The van der Waals surface area contributed by atoms with Crippen molar-refractivity contribution in [3.63, 3.8) is 0 Å². The van der Waals surface area contributed by atoms with Gasteiger partial charge in [-0.1, -0.05) is 96.8 Å². The first-order chi connectivity index (χ1) is 15.2. The highest BCUT2D eigenvalue weighted by molar-refractivity contribution is 5.41. The molecule has 3 heteroatoms. The Bertz CT molecular complexity index is 573. The molecule has 3 nitrogen and oxygen atoms in total. The van der Waals surface area contributed by atoms with Crippen LogP contribution in [0.4, 0.5) is 0 Å².